The van der Waals surface area contributed by atoms with Crippen LogP contribution in [0, 0.1) is 17.5 Å². The molecular weight excluding hydrogens is 449 g/mol. The van der Waals surface area contributed by atoms with Gasteiger partial charge in [0, 0.05) is 30.3 Å². The summed E-state index contributed by atoms with van der Waals surface area (Å²) < 4.78 is 39.9. The van der Waals surface area contributed by atoms with Crippen LogP contribution < -0.4 is 21.7 Å². The summed E-state index contributed by atoms with van der Waals surface area (Å²) in [5.74, 6) is -5.22. The van der Waals surface area contributed by atoms with Crippen molar-refractivity contribution < 1.29 is 22.8 Å². The third-order valence-corrected chi connectivity index (χ3v) is 5.33. The molecule has 0 aliphatic carbocycles. The zero-order valence-electron chi connectivity index (χ0n) is 17.9. The van der Waals surface area contributed by atoms with Crippen molar-refractivity contribution in [1.29, 1.82) is 0 Å². The first-order chi connectivity index (χ1) is 16.3. The second-order valence-electron chi connectivity index (χ2n) is 7.79. The van der Waals surface area contributed by atoms with E-state index in [2.05, 4.69) is 25.9 Å². The Morgan fingerprint density at radius 1 is 1.12 bits per heavy atom. The minimum atomic E-state index is -1.57. The largest absolute Gasteiger partial charge is 0.382 e. The third-order valence-electron chi connectivity index (χ3n) is 5.33. The van der Waals surface area contributed by atoms with Crippen LogP contribution >= 0.6 is 0 Å². The maximum atomic E-state index is 13.4. The van der Waals surface area contributed by atoms with Crippen LogP contribution in [0.5, 0.6) is 0 Å². The highest BCUT2D eigenvalue weighted by molar-refractivity contribution is 5.97. The van der Waals surface area contributed by atoms with Crippen LogP contribution in [-0.4, -0.2) is 40.9 Å². The summed E-state index contributed by atoms with van der Waals surface area (Å²) in [6.07, 6.45) is 2.19. The number of hydrogen-bond donors (Lipinski definition) is 4. The number of benzene rings is 2. The number of carbonyl (C=O) groups excluding carboxylic acids is 2. The molecule has 11 heteroatoms. The molecule has 1 atom stereocenters. The summed E-state index contributed by atoms with van der Waals surface area (Å²) in [6.45, 7) is 1.26. The quantitative estimate of drug-likeness (QED) is 0.410. The highest BCUT2D eigenvalue weighted by Crippen LogP contribution is 2.20. The molecule has 0 saturated carbocycles. The van der Waals surface area contributed by atoms with E-state index in [9.17, 15) is 22.8 Å². The van der Waals surface area contributed by atoms with Gasteiger partial charge in [-0.05, 0) is 42.8 Å². The fourth-order valence-electron chi connectivity index (χ4n) is 3.55. The van der Waals surface area contributed by atoms with E-state index in [0.717, 1.165) is 25.1 Å². The first-order valence-electron chi connectivity index (χ1n) is 10.5. The van der Waals surface area contributed by atoms with Gasteiger partial charge < -0.3 is 21.7 Å². The zero-order valence-corrected chi connectivity index (χ0v) is 17.9. The van der Waals surface area contributed by atoms with Gasteiger partial charge in [0.1, 0.15) is 0 Å². The van der Waals surface area contributed by atoms with Gasteiger partial charge in [-0.25, -0.2) is 23.1 Å². The molecule has 1 unspecified atom stereocenters. The fourth-order valence-corrected chi connectivity index (χ4v) is 3.55. The number of nitrogen functional groups attached to an aromatic ring is 1. The van der Waals surface area contributed by atoms with E-state index in [1.807, 2.05) is 0 Å². The van der Waals surface area contributed by atoms with Crippen LogP contribution in [0.1, 0.15) is 32.8 Å². The van der Waals surface area contributed by atoms with Crippen molar-refractivity contribution >= 4 is 17.6 Å². The molecular formula is C23H21F3N6O2. The van der Waals surface area contributed by atoms with E-state index in [1.165, 1.54) is 18.3 Å². The average Bonchev–Trinajstić information content (AvgIpc) is 3.34. The molecule has 1 aliphatic rings. The molecule has 1 saturated heterocycles. The predicted octanol–water partition coefficient (Wildman–Crippen LogP) is 2.16. The Morgan fingerprint density at radius 2 is 1.88 bits per heavy atom. The number of halogens is 3. The number of amides is 2. The molecule has 4 rings (SSSR count). The first-order valence-corrected chi connectivity index (χ1v) is 10.5. The predicted molar refractivity (Wildman–Crippen MR) is 118 cm³/mol. The Labute approximate surface area is 192 Å². The number of nitrogens with zero attached hydrogens (tertiary/aromatic N) is 2. The number of aromatic nitrogens is 2. The number of rotatable bonds is 6. The van der Waals surface area contributed by atoms with Crippen LogP contribution in [0.4, 0.5) is 19.0 Å². The van der Waals surface area contributed by atoms with Gasteiger partial charge in [-0.15, -0.1) is 0 Å². The van der Waals surface area contributed by atoms with E-state index in [-0.39, 0.29) is 35.2 Å². The van der Waals surface area contributed by atoms with Crippen molar-refractivity contribution in [3.63, 3.8) is 0 Å². The number of nitrogens with two attached hydrogens (primary N) is 1. The summed E-state index contributed by atoms with van der Waals surface area (Å²) in [7, 11) is 0. The topological polar surface area (TPSA) is 122 Å². The zero-order chi connectivity index (χ0) is 24.2. The monoisotopic (exact) mass is 470 g/mol. The van der Waals surface area contributed by atoms with Crippen molar-refractivity contribution in [1.82, 2.24) is 25.9 Å². The van der Waals surface area contributed by atoms with Gasteiger partial charge in [-0.2, -0.15) is 0 Å². The fraction of sp³-hybridized carbons (Fsp3) is 0.217. The van der Waals surface area contributed by atoms with E-state index in [0.29, 0.717) is 17.8 Å². The number of nitrogens with one attached hydrogen (secondary N) is 3. The van der Waals surface area contributed by atoms with Crippen LogP contribution in [0.2, 0.25) is 0 Å². The highest BCUT2D eigenvalue weighted by Gasteiger charge is 2.21. The Bertz CT molecular complexity index is 1220. The maximum Gasteiger partial charge on any atom is 0.274 e. The van der Waals surface area contributed by atoms with E-state index >= 15 is 0 Å². The number of anilines is 1. The van der Waals surface area contributed by atoms with Gasteiger partial charge in [-0.3, -0.25) is 9.59 Å². The molecule has 3 aromatic rings. The van der Waals surface area contributed by atoms with Crippen LogP contribution in [0.25, 0.3) is 11.3 Å². The maximum absolute atomic E-state index is 13.4. The molecule has 1 aliphatic heterocycles. The summed E-state index contributed by atoms with van der Waals surface area (Å²) in [5, 5.41) is 8.54. The Balaban J connectivity index is 1.49. The SMILES string of the molecule is Nc1ncc(-c2cccc(C(=O)NCc3cc(F)c(F)c(F)c3)c2)nc1C(=O)NC1CCNC1. The molecule has 2 heterocycles. The number of carbonyl (C=O) groups is 2. The van der Waals surface area contributed by atoms with Crippen LogP contribution in [0.15, 0.2) is 42.6 Å². The van der Waals surface area contributed by atoms with Gasteiger partial charge in [0.05, 0.1) is 11.9 Å². The molecule has 176 valence electrons. The number of hydrogen-bond acceptors (Lipinski definition) is 6. The van der Waals surface area contributed by atoms with Crippen molar-refractivity contribution in [2.75, 3.05) is 18.8 Å². The van der Waals surface area contributed by atoms with Crippen LogP contribution in [-0.2, 0) is 6.54 Å². The van der Waals surface area contributed by atoms with Gasteiger partial charge >= 0.3 is 0 Å². The van der Waals surface area contributed by atoms with Gasteiger partial charge in [0.15, 0.2) is 29.0 Å². The Morgan fingerprint density at radius 3 is 2.59 bits per heavy atom. The molecule has 0 spiro atoms. The molecule has 34 heavy (non-hydrogen) atoms. The smallest absolute Gasteiger partial charge is 0.274 e. The molecule has 1 aromatic heterocycles. The minimum absolute atomic E-state index is 0.0140. The Hall–Kier alpha value is -3.99. The van der Waals surface area contributed by atoms with E-state index in [1.54, 1.807) is 12.1 Å². The second-order valence-corrected chi connectivity index (χ2v) is 7.79. The molecule has 2 aromatic carbocycles. The molecule has 8 nitrogen and oxygen atoms in total. The van der Waals surface area contributed by atoms with Gasteiger partial charge in [0.2, 0.25) is 0 Å². The highest BCUT2D eigenvalue weighted by atomic mass is 19.2. The minimum Gasteiger partial charge on any atom is -0.382 e. The second kappa shape index (κ2) is 9.87. The molecule has 0 radical (unpaired) electrons. The summed E-state index contributed by atoms with van der Waals surface area (Å²) in [6, 6.07) is 7.97. The first kappa shape index (κ1) is 23.2. The van der Waals surface area contributed by atoms with Crippen LogP contribution in [0.3, 0.4) is 0 Å². The molecule has 2 amide bonds. The lowest BCUT2D eigenvalue weighted by Gasteiger charge is -2.12. The average molecular weight is 470 g/mol. The molecule has 1 fully saturated rings. The lowest BCUT2D eigenvalue weighted by atomic mass is 10.1. The van der Waals surface area contributed by atoms with Gasteiger partial charge in [0.25, 0.3) is 11.8 Å². The molecule has 0 bridgehead atoms. The lowest BCUT2D eigenvalue weighted by Crippen LogP contribution is -2.37. The lowest BCUT2D eigenvalue weighted by molar-refractivity contribution is 0.0932. The van der Waals surface area contributed by atoms with Crippen molar-refractivity contribution in [3.05, 3.63) is 76.9 Å². The van der Waals surface area contributed by atoms with E-state index < -0.39 is 29.3 Å². The van der Waals surface area contributed by atoms with E-state index in [4.69, 9.17) is 5.73 Å². The summed E-state index contributed by atoms with van der Waals surface area (Å²) in [5.41, 5.74) is 6.99. The molecule has 5 N–H and O–H groups in total. The normalized spacial score (nSPS) is 15.2. The Kier molecular flexibility index (Phi) is 6.73. The summed E-state index contributed by atoms with van der Waals surface area (Å²) >= 11 is 0. The van der Waals surface area contributed by atoms with Gasteiger partial charge in [-0.1, -0.05) is 12.1 Å². The van der Waals surface area contributed by atoms with Crippen molar-refractivity contribution in [3.8, 4) is 11.3 Å². The van der Waals surface area contributed by atoms with Crippen molar-refractivity contribution in [2.45, 2.75) is 19.0 Å². The summed E-state index contributed by atoms with van der Waals surface area (Å²) in [4.78, 5) is 33.6. The third kappa shape index (κ3) is 5.15. The van der Waals surface area contributed by atoms with Crippen molar-refractivity contribution in [2.24, 2.45) is 0 Å². The standard InChI is InChI=1S/C23H21F3N6O2/c24-16-6-12(7-17(25)19(16)26)9-30-22(33)14-3-1-2-13(8-14)18-11-29-21(27)20(32-18)23(34)31-15-4-5-28-10-15/h1-3,6-8,11,15,28H,4-5,9-10H2,(H2,27,29)(H,30,33)(H,31,34).